The van der Waals surface area contributed by atoms with E-state index in [0.29, 0.717) is 11.2 Å². The van der Waals surface area contributed by atoms with Gasteiger partial charge in [-0.3, -0.25) is 9.48 Å². The van der Waals surface area contributed by atoms with Gasteiger partial charge in [0.1, 0.15) is 12.4 Å². The molecule has 0 aliphatic rings. The Balaban J connectivity index is 2.44. The molecule has 0 aliphatic carbocycles. The topological polar surface area (TPSA) is 67.2 Å². The van der Waals surface area contributed by atoms with Crippen LogP contribution in [0.25, 0.3) is 10.9 Å². The van der Waals surface area contributed by atoms with Gasteiger partial charge < -0.3 is 10.4 Å². The van der Waals surface area contributed by atoms with Crippen molar-refractivity contribution < 1.29 is 14.3 Å². The van der Waals surface area contributed by atoms with E-state index in [-0.39, 0.29) is 12.4 Å². The summed E-state index contributed by atoms with van der Waals surface area (Å²) in [5.41, 5.74) is 0.745. The fourth-order valence-electron chi connectivity index (χ4n) is 1.53. The number of fused-ring (bicyclic) bond motifs is 1. The van der Waals surface area contributed by atoms with Crippen LogP contribution in [0.15, 0.2) is 18.2 Å². The Morgan fingerprint density at radius 2 is 2.38 bits per heavy atom. The number of benzene rings is 1. The Morgan fingerprint density at radius 1 is 1.62 bits per heavy atom. The van der Waals surface area contributed by atoms with E-state index in [1.54, 1.807) is 17.8 Å². The van der Waals surface area contributed by atoms with E-state index < -0.39 is 5.97 Å². The van der Waals surface area contributed by atoms with E-state index in [1.807, 2.05) is 0 Å². The highest BCUT2D eigenvalue weighted by Crippen LogP contribution is 2.22. The molecule has 0 aliphatic heterocycles. The van der Waals surface area contributed by atoms with Crippen LogP contribution in [0, 0.1) is 5.82 Å². The number of nitrogens with zero attached hydrogens (tertiary/aromatic N) is 2. The summed E-state index contributed by atoms with van der Waals surface area (Å²) in [5, 5.41) is 15.8. The lowest BCUT2D eigenvalue weighted by atomic mass is 10.2. The third-order valence-corrected chi connectivity index (χ3v) is 2.22. The van der Waals surface area contributed by atoms with Crippen LogP contribution in [0.3, 0.4) is 0 Å². The highest BCUT2D eigenvalue weighted by molar-refractivity contribution is 5.91. The second-order valence-corrected chi connectivity index (χ2v) is 3.38. The van der Waals surface area contributed by atoms with Crippen molar-refractivity contribution in [1.29, 1.82) is 0 Å². The summed E-state index contributed by atoms with van der Waals surface area (Å²) in [6.45, 7) is -0.247. The molecule has 1 heterocycles. The fourth-order valence-corrected chi connectivity index (χ4v) is 1.53. The predicted octanol–water partition coefficient (Wildman–Crippen LogP) is 1.21. The zero-order valence-electron chi connectivity index (χ0n) is 8.57. The average Bonchev–Trinajstić information content (AvgIpc) is 2.52. The first-order valence-electron chi connectivity index (χ1n) is 4.66. The average molecular weight is 223 g/mol. The molecule has 1 aromatic heterocycles. The molecule has 0 atom stereocenters. The molecule has 2 N–H and O–H groups in total. The van der Waals surface area contributed by atoms with Crippen LogP contribution >= 0.6 is 0 Å². The molecule has 2 aromatic rings. The van der Waals surface area contributed by atoms with Crippen molar-refractivity contribution in [2.45, 2.75) is 0 Å². The maximum atomic E-state index is 13.0. The Bertz CT molecular complexity index is 550. The number of hydrogen-bond acceptors (Lipinski definition) is 3. The molecule has 6 heteroatoms. The number of anilines is 1. The highest BCUT2D eigenvalue weighted by atomic mass is 19.1. The third-order valence-electron chi connectivity index (χ3n) is 2.22. The molecule has 0 spiro atoms. The number of carboxylic acid groups (broad SMARTS) is 1. The van der Waals surface area contributed by atoms with Gasteiger partial charge in [0.05, 0.1) is 5.52 Å². The van der Waals surface area contributed by atoms with Crippen LogP contribution in [-0.2, 0) is 11.8 Å². The van der Waals surface area contributed by atoms with Gasteiger partial charge in [-0.15, -0.1) is 0 Å². The minimum absolute atomic E-state index is 0.247. The van der Waals surface area contributed by atoms with Gasteiger partial charge in [-0.25, -0.2) is 4.39 Å². The SMILES string of the molecule is Cn1nc(NCC(=O)O)c2cc(F)ccc21. The Kier molecular flexibility index (Phi) is 2.47. The van der Waals surface area contributed by atoms with E-state index in [0.717, 1.165) is 5.52 Å². The van der Waals surface area contributed by atoms with Gasteiger partial charge >= 0.3 is 5.97 Å². The van der Waals surface area contributed by atoms with Gasteiger partial charge in [0.2, 0.25) is 0 Å². The third kappa shape index (κ3) is 1.81. The second kappa shape index (κ2) is 3.80. The largest absolute Gasteiger partial charge is 0.480 e. The molecule has 1 aromatic carbocycles. The summed E-state index contributed by atoms with van der Waals surface area (Å²) in [7, 11) is 1.71. The van der Waals surface area contributed by atoms with Crippen molar-refractivity contribution in [1.82, 2.24) is 9.78 Å². The number of carbonyl (C=O) groups is 1. The van der Waals surface area contributed by atoms with Gasteiger partial charge in [0.15, 0.2) is 5.82 Å². The zero-order valence-corrected chi connectivity index (χ0v) is 8.57. The highest BCUT2D eigenvalue weighted by Gasteiger charge is 2.09. The maximum Gasteiger partial charge on any atom is 0.322 e. The quantitative estimate of drug-likeness (QED) is 0.820. The smallest absolute Gasteiger partial charge is 0.322 e. The number of halogens is 1. The normalized spacial score (nSPS) is 10.6. The molecule has 0 radical (unpaired) electrons. The maximum absolute atomic E-state index is 13.0. The first-order valence-corrected chi connectivity index (χ1v) is 4.66. The summed E-state index contributed by atoms with van der Waals surface area (Å²) in [5.74, 6) is -0.992. The van der Waals surface area contributed by atoms with Crippen LogP contribution in [-0.4, -0.2) is 27.4 Å². The Hall–Kier alpha value is -2.11. The second-order valence-electron chi connectivity index (χ2n) is 3.38. The summed E-state index contributed by atoms with van der Waals surface area (Å²) in [4.78, 5) is 10.4. The first-order chi connectivity index (χ1) is 7.58. The van der Waals surface area contributed by atoms with E-state index in [4.69, 9.17) is 5.11 Å². The molecule has 5 nitrogen and oxygen atoms in total. The van der Waals surface area contributed by atoms with E-state index in [9.17, 15) is 9.18 Å². The van der Waals surface area contributed by atoms with Gasteiger partial charge in [0.25, 0.3) is 0 Å². The van der Waals surface area contributed by atoms with Crippen LogP contribution in [0.2, 0.25) is 0 Å². The number of rotatable bonds is 3. The molecule has 0 fully saturated rings. The lowest BCUT2D eigenvalue weighted by Gasteiger charge is -1.98. The Morgan fingerprint density at radius 3 is 3.06 bits per heavy atom. The van der Waals surface area contributed by atoms with Crippen LogP contribution < -0.4 is 5.32 Å². The van der Waals surface area contributed by atoms with Crippen LogP contribution in [0.5, 0.6) is 0 Å². The van der Waals surface area contributed by atoms with Gasteiger partial charge in [-0.05, 0) is 18.2 Å². The van der Waals surface area contributed by atoms with Gasteiger partial charge in [0, 0.05) is 12.4 Å². The summed E-state index contributed by atoms with van der Waals surface area (Å²) < 4.78 is 14.6. The number of aryl methyl sites for hydroxylation is 1. The lowest BCUT2D eigenvalue weighted by Crippen LogP contribution is -2.12. The summed E-state index contributed by atoms with van der Waals surface area (Å²) >= 11 is 0. The minimum atomic E-state index is -0.991. The first kappa shape index (κ1) is 10.4. The Labute approximate surface area is 90.5 Å². The molecule has 2 rings (SSSR count). The van der Waals surface area contributed by atoms with Crippen molar-refractivity contribution in [3.63, 3.8) is 0 Å². The number of nitrogens with one attached hydrogen (secondary N) is 1. The number of aromatic nitrogens is 2. The van der Waals surface area contributed by atoms with Crippen molar-refractivity contribution >= 4 is 22.7 Å². The number of hydrogen-bond donors (Lipinski definition) is 2. The van der Waals surface area contributed by atoms with Gasteiger partial charge in [-0.1, -0.05) is 0 Å². The van der Waals surface area contributed by atoms with Crippen molar-refractivity contribution in [2.24, 2.45) is 7.05 Å². The van der Waals surface area contributed by atoms with E-state index in [1.165, 1.54) is 12.1 Å². The molecule has 0 unspecified atom stereocenters. The molecule has 84 valence electrons. The molecule has 0 bridgehead atoms. The number of carboxylic acids is 1. The minimum Gasteiger partial charge on any atom is -0.480 e. The number of aliphatic carboxylic acids is 1. The summed E-state index contributed by atoms with van der Waals surface area (Å²) in [6, 6.07) is 4.26. The van der Waals surface area contributed by atoms with E-state index >= 15 is 0 Å². The van der Waals surface area contributed by atoms with E-state index in [2.05, 4.69) is 10.4 Å². The fraction of sp³-hybridized carbons (Fsp3) is 0.200. The molecule has 0 saturated heterocycles. The lowest BCUT2D eigenvalue weighted by molar-refractivity contribution is -0.134. The standard InChI is InChI=1S/C10H10FN3O2/c1-14-8-3-2-6(11)4-7(8)10(13-14)12-5-9(15)16/h2-4H,5H2,1H3,(H,12,13)(H,15,16). The molecule has 0 amide bonds. The van der Waals surface area contributed by atoms with Crippen molar-refractivity contribution in [3.8, 4) is 0 Å². The predicted molar refractivity (Wildman–Crippen MR) is 56.8 cm³/mol. The molecular weight excluding hydrogens is 213 g/mol. The van der Waals surface area contributed by atoms with Crippen LogP contribution in [0.4, 0.5) is 10.2 Å². The molecule has 0 saturated carbocycles. The van der Waals surface area contributed by atoms with Crippen molar-refractivity contribution in [2.75, 3.05) is 11.9 Å². The van der Waals surface area contributed by atoms with Crippen LogP contribution in [0.1, 0.15) is 0 Å². The van der Waals surface area contributed by atoms with Gasteiger partial charge in [-0.2, -0.15) is 5.10 Å². The summed E-state index contributed by atoms with van der Waals surface area (Å²) in [6.07, 6.45) is 0. The van der Waals surface area contributed by atoms with Crippen molar-refractivity contribution in [3.05, 3.63) is 24.0 Å². The molecular formula is C10H10FN3O2. The zero-order chi connectivity index (χ0) is 11.7. The monoisotopic (exact) mass is 223 g/mol. The molecule has 16 heavy (non-hydrogen) atoms.